The van der Waals surface area contributed by atoms with E-state index in [1.54, 1.807) is 31.2 Å². The molecule has 0 bridgehead atoms. The second-order valence-electron chi connectivity index (χ2n) is 10.1. The predicted octanol–water partition coefficient (Wildman–Crippen LogP) is 2.69. The van der Waals surface area contributed by atoms with E-state index in [2.05, 4.69) is 5.32 Å². The van der Waals surface area contributed by atoms with Gasteiger partial charge in [0, 0.05) is 23.1 Å². The van der Waals surface area contributed by atoms with Gasteiger partial charge in [-0.3, -0.25) is 9.36 Å². The molecule has 3 atom stereocenters. The van der Waals surface area contributed by atoms with Crippen LogP contribution in [0.15, 0.2) is 77.7 Å². The van der Waals surface area contributed by atoms with Crippen LogP contribution >= 0.6 is 0 Å². The van der Waals surface area contributed by atoms with Gasteiger partial charge in [0.05, 0.1) is 23.7 Å². The van der Waals surface area contributed by atoms with Crippen LogP contribution in [0.3, 0.4) is 0 Å². The molecule has 1 aromatic heterocycles. The highest BCUT2D eigenvalue weighted by Crippen LogP contribution is 2.36. The molecule has 0 saturated heterocycles. The first-order valence-electron chi connectivity index (χ1n) is 13.1. The van der Waals surface area contributed by atoms with Crippen LogP contribution in [0.1, 0.15) is 45.7 Å². The van der Waals surface area contributed by atoms with Crippen molar-refractivity contribution >= 4 is 35.8 Å². The largest absolute Gasteiger partial charge is 0.611 e. The Morgan fingerprint density at radius 1 is 1.02 bits per heavy atom. The van der Waals surface area contributed by atoms with E-state index in [-0.39, 0.29) is 27.7 Å². The van der Waals surface area contributed by atoms with Crippen LogP contribution in [-0.2, 0) is 29.7 Å². The fourth-order valence-electron chi connectivity index (χ4n) is 4.76. The summed E-state index contributed by atoms with van der Waals surface area (Å²) in [5.74, 6) is -7.45. The molecule has 8 nitrogen and oxygen atoms in total. The normalized spacial score (nSPS) is 15.2. The zero-order valence-electron chi connectivity index (χ0n) is 23.1. The van der Waals surface area contributed by atoms with Crippen LogP contribution in [0.5, 0.6) is 0 Å². The number of halogens is 4. The van der Waals surface area contributed by atoms with E-state index in [9.17, 15) is 47.3 Å². The summed E-state index contributed by atoms with van der Waals surface area (Å²) in [5, 5.41) is 44.0. The van der Waals surface area contributed by atoms with Gasteiger partial charge < -0.3 is 30.3 Å². The Kier molecular flexibility index (Phi) is 9.31. The third-order valence-corrected chi connectivity index (χ3v) is 8.38. The van der Waals surface area contributed by atoms with Gasteiger partial charge in [-0.1, -0.05) is 30.3 Å². The molecule has 0 aliphatic heterocycles. The number of nitrogens with one attached hydrogen (secondary N) is 1. The van der Waals surface area contributed by atoms with Gasteiger partial charge in [-0.2, -0.15) is 13.2 Å². The first-order valence-corrected chi connectivity index (χ1v) is 14.5. The number of aliphatic hydroxyl groups excluding tert-OH is 1. The quantitative estimate of drug-likeness (QED) is 0.0801. The van der Waals surface area contributed by atoms with Gasteiger partial charge >= 0.3 is 12.1 Å². The van der Waals surface area contributed by atoms with Gasteiger partial charge in [-0.05, 0) is 71.7 Å². The zero-order chi connectivity index (χ0) is 31.7. The predicted molar refractivity (Wildman–Crippen MR) is 154 cm³/mol. The Morgan fingerprint density at radius 3 is 2.26 bits per heavy atom. The van der Waals surface area contributed by atoms with E-state index in [0.29, 0.717) is 28.6 Å². The minimum Gasteiger partial charge on any atom is -0.611 e. The molecule has 0 spiro atoms. The highest BCUT2D eigenvalue weighted by molar-refractivity contribution is 7.91. The lowest BCUT2D eigenvalue weighted by molar-refractivity contribution is -0.338. The molecule has 0 saturated carbocycles. The van der Waals surface area contributed by atoms with Crippen molar-refractivity contribution in [1.82, 2.24) is 9.88 Å². The second kappa shape index (κ2) is 12.3. The van der Waals surface area contributed by atoms with E-state index >= 15 is 0 Å². The summed E-state index contributed by atoms with van der Waals surface area (Å²) in [6, 6.07) is 15.4. The van der Waals surface area contributed by atoms with Crippen LogP contribution < -0.4 is 5.32 Å². The lowest BCUT2D eigenvalue weighted by Crippen LogP contribution is -2.54. The van der Waals surface area contributed by atoms with Crippen LogP contribution in [-0.4, -0.2) is 61.4 Å². The number of amides is 1. The number of rotatable bonds is 10. The Bertz CT molecular complexity index is 1610. The van der Waals surface area contributed by atoms with Crippen molar-refractivity contribution < 1.29 is 47.3 Å². The fraction of sp³-hybridized carbons (Fsp3) is 0.276. The summed E-state index contributed by atoms with van der Waals surface area (Å²) < 4.78 is 68.2. The standard InChI is InChI=1S/C29H29BF4N2O6S/c1-2-43(42)22-10-7-17(8-11-22)24(16-37)35-26(38)19-9-12-25-20(13-19)15-21(36(25)29(40,41)28(30,34)39)14-18-5-3-4-6-23(18)27(31,32)33/h3-13,15,24,37,39-41H,2,14,16,30H2,1H3,(H,35,38). The first kappa shape index (κ1) is 32.5. The molecule has 1 heterocycles. The van der Waals surface area contributed by atoms with Gasteiger partial charge in [0.1, 0.15) is 5.75 Å². The molecule has 3 aromatic carbocycles. The number of carbonyl (C=O) groups excluding carboxylic acids is 1. The highest BCUT2D eigenvalue weighted by Gasteiger charge is 2.48. The Balaban J connectivity index is 1.72. The highest BCUT2D eigenvalue weighted by atomic mass is 32.2. The number of benzene rings is 3. The number of aromatic nitrogens is 1. The third-order valence-electron chi connectivity index (χ3n) is 7.05. The SMILES string of the molecule is BC(O)(F)C(O)(O)n1c(Cc2ccccc2C(F)(F)F)cc2cc(C(=O)NC(CO)c3ccc([S+]([O-])CC)cc3)ccc21. The number of alkyl halides is 4. The smallest absolute Gasteiger partial charge is 0.416 e. The van der Waals surface area contributed by atoms with E-state index in [1.807, 2.05) is 0 Å². The molecule has 0 radical (unpaired) electrons. The van der Waals surface area contributed by atoms with Crippen molar-refractivity contribution in [3.63, 3.8) is 0 Å². The maximum Gasteiger partial charge on any atom is 0.416 e. The number of nitrogens with zero attached hydrogens (tertiary/aromatic N) is 1. The maximum atomic E-state index is 14.6. The Labute approximate surface area is 248 Å². The molecule has 43 heavy (non-hydrogen) atoms. The summed E-state index contributed by atoms with van der Waals surface area (Å²) in [4.78, 5) is 13.7. The molecular weight excluding hydrogens is 591 g/mol. The molecule has 4 rings (SSSR count). The minimum atomic E-state index is -4.73. The Hall–Kier alpha value is -3.40. The molecule has 3 unspecified atom stereocenters. The van der Waals surface area contributed by atoms with Gasteiger partial charge in [-0.25, -0.2) is 4.39 Å². The molecular formula is C29H29BF4N2O6S. The lowest BCUT2D eigenvalue weighted by Gasteiger charge is -2.34. The van der Waals surface area contributed by atoms with Gasteiger partial charge in [-0.15, -0.1) is 0 Å². The number of fused-ring (bicyclic) bond motifs is 1. The molecule has 228 valence electrons. The number of hydrogen-bond donors (Lipinski definition) is 5. The fourth-order valence-corrected chi connectivity index (χ4v) is 5.53. The van der Waals surface area contributed by atoms with Crippen molar-refractivity contribution in [1.29, 1.82) is 0 Å². The van der Waals surface area contributed by atoms with Gasteiger partial charge in [0.25, 0.3) is 5.91 Å². The van der Waals surface area contributed by atoms with Crippen LogP contribution in [0.2, 0.25) is 0 Å². The molecule has 4 aromatic rings. The van der Waals surface area contributed by atoms with Gasteiger partial charge in [0.2, 0.25) is 5.75 Å². The van der Waals surface area contributed by atoms with Crippen molar-refractivity contribution in [3.8, 4) is 0 Å². The van der Waals surface area contributed by atoms with E-state index in [4.69, 9.17) is 0 Å². The minimum absolute atomic E-state index is 0.0440. The summed E-state index contributed by atoms with van der Waals surface area (Å²) >= 11 is -1.18. The monoisotopic (exact) mass is 620 g/mol. The van der Waals surface area contributed by atoms with Crippen molar-refractivity contribution in [2.24, 2.45) is 0 Å². The van der Waals surface area contributed by atoms with Crippen LogP contribution in [0.25, 0.3) is 10.9 Å². The van der Waals surface area contributed by atoms with E-state index in [0.717, 1.165) is 6.07 Å². The molecule has 5 N–H and O–H groups in total. The molecule has 0 aliphatic carbocycles. The third kappa shape index (κ3) is 6.74. The summed E-state index contributed by atoms with van der Waals surface area (Å²) in [6.45, 7) is 1.31. The Morgan fingerprint density at radius 2 is 1.67 bits per heavy atom. The average Bonchev–Trinajstić information content (AvgIpc) is 3.32. The molecule has 0 aliphatic rings. The van der Waals surface area contributed by atoms with E-state index < -0.39 is 59.6 Å². The van der Waals surface area contributed by atoms with Crippen LogP contribution in [0.4, 0.5) is 17.6 Å². The topological polar surface area (TPSA) is 138 Å². The van der Waals surface area contributed by atoms with Crippen molar-refractivity contribution in [3.05, 3.63) is 101 Å². The number of hydrogen-bond acceptors (Lipinski definition) is 6. The first-order chi connectivity index (χ1) is 20.1. The molecule has 14 heteroatoms. The summed E-state index contributed by atoms with van der Waals surface area (Å²) in [5.41, 5.74) is -0.916. The summed E-state index contributed by atoms with van der Waals surface area (Å²) in [7, 11) is 0.482. The van der Waals surface area contributed by atoms with Crippen molar-refractivity contribution in [2.75, 3.05) is 12.4 Å². The average molecular weight is 620 g/mol. The number of carbonyl (C=O) groups is 1. The summed E-state index contributed by atoms with van der Waals surface area (Å²) in [6.07, 6.45) is -5.26. The van der Waals surface area contributed by atoms with Crippen molar-refractivity contribution in [2.45, 2.75) is 42.1 Å². The zero-order valence-corrected chi connectivity index (χ0v) is 23.9. The molecule has 0 fully saturated rings. The number of aliphatic hydroxyl groups is 4. The van der Waals surface area contributed by atoms with Gasteiger partial charge in [0.15, 0.2) is 12.7 Å². The van der Waals surface area contributed by atoms with E-state index in [1.165, 1.54) is 42.5 Å². The maximum absolute atomic E-state index is 14.6. The second-order valence-corrected chi connectivity index (χ2v) is 11.8. The van der Waals surface area contributed by atoms with Crippen LogP contribution in [0, 0.1) is 0 Å². The lowest BCUT2D eigenvalue weighted by atomic mass is 9.92. The molecule has 1 amide bonds.